The Morgan fingerprint density at radius 1 is 1.35 bits per heavy atom. The molecule has 0 saturated carbocycles. The second kappa shape index (κ2) is 8.32. The van der Waals surface area contributed by atoms with Crippen LogP contribution in [-0.2, 0) is 9.47 Å². The Balaban J connectivity index is 4.92. The van der Waals surface area contributed by atoms with Crippen LogP contribution in [0.3, 0.4) is 0 Å². The van der Waals surface area contributed by atoms with Gasteiger partial charge in [0, 0.05) is 32.6 Å². The summed E-state index contributed by atoms with van der Waals surface area (Å²) in [6, 6.07) is 0.478. The van der Waals surface area contributed by atoms with Crippen LogP contribution in [0.25, 0.3) is 0 Å². The normalized spacial score (nSPS) is 17.5. The number of thioether (sulfide) groups is 1. The molecule has 0 fully saturated rings. The van der Waals surface area contributed by atoms with Gasteiger partial charge >= 0.3 is 0 Å². The molecule has 0 radical (unpaired) electrons. The zero-order valence-electron chi connectivity index (χ0n) is 12.0. The van der Waals surface area contributed by atoms with Gasteiger partial charge in [-0.2, -0.15) is 11.8 Å². The average molecular weight is 264 g/mol. The van der Waals surface area contributed by atoms with E-state index in [1.165, 1.54) is 0 Å². The lowest BCUT2D eigenvalue weighted by Gasteiger charge is -2.45. The maximum atomic E-state index is 5.94. The van der Waals surface area contributed by atoms with Crippen molar-refractivity contribution in [2.75, 3.05) is 39.8 Å². The molecule has 0 aliphatic carbocycles. The Bertz CT molecular complexity index is 203. The first kappa shape index (κ1) is 17.2. The van der Waals surface area contributed by atoms with Crippen molar-refractivity contribution in [2.45, 2.75) is 38.1 Å². The molecule has 0 heterocycles. The van der Waals surface area contributed by atoms with Gasteiger partial charge in [0.25, 0.3) is 0 Å². The number of rotatable bonds is 9. The molecule has 0 bridgehead atoms. The molecule has 17 heavy (non-hydrogen) atoms. The molecule has 0 spiro atoms. The van der Waals surface area contributed by atoms with Crippen LogP contribution in [0.5, 0.6) is 0 Å². The van der Waals surface area contributed by atoms with Gasteiger partial charge in [-0.3, -0.25) is 4.90 Å². The van der Waals surface area contributed by atoms with Crippen molar-refractivity contribution in [2.24, 2.45) is 5.73 Å². The number of likely N-dealkylation sites (N-methyl/N-ethyl adjacent to an activating group) is 1. The Morgan fingerprint density at radius 2 is 1.88 bits per heavy atom. The van der Waals surface area contributed by atoms with Gasteiger partial charge in [0.2, 0.25) is 0 Å². The number of hydrogen-bond donors (Lipinski definition) is 1. The second-order valence-electron chi connectivity index (χ2n) is 4.49. The molecule has 5 heteroatoms. The smallest absolute Gasteiger partial charge is 0.176 e. The summed E-state index contributed by atoms with van der Waals surface area (Å²) in [6.45, 7) is 4.79. The molecule has 0 aromatic rings. The second-order valence-corrected chi connectivity index (χ2v) is 5.40. The lowest BCUT2D eigenvalue weighted by molar-refractivity contribution is -0.182. The van der Waals surface area contributed by atoms with E-state index in [4.69, 9.17) is 15.2 Å². The Labute approximate surface area is 110 Å². The van der Waals surface area contributed by atoms with Gasteiger partial charge in [-0.1, -0.05) is 6.92 Å². The van der Waals surface area contributed by atoms with Crippen LogP contribution < -0.4 is 5.73 Å². The van der Waals surface area contributed by atoms with Crippen LogP contribution in [0.15, 0.2) is 0 Å². The molecule has 2 N–H and O–H groups in total. The van der Waals surface area contributed by atoms with Gasteiger partial charge in [-0.25, -0.2) is 0 Å². The molecule has 0 aliphatic rings. The maximum Gasteiger partial charge on any atom is 0.176 e. The highest BCUT2D eigenvalue weighted by atomic mass is 32.2. The molecule has 0 rings (SSSR count). The van der Waals surface area contributed by atoms with Gasteiger partial charge < -0.3 is 15.2 Å². The predicted octanol–water partition coefficient (Wildman–Crippen LogP) is 1.40. The average Bonchev–Trinajstić information content (AvgIpc) is 2.36. The summed E-state index contributed by atoms with van der Waals surface area (Å²) in [5.74, 6) is 1.09. The first-order chi connectivity index (χ1) is 8.01. The Morgan fingerprint density at radius 3 is 2.18 bits per heavy atom. The van der Waals surface area contributed by atoms with Crippen molar-refractivity contribution in [1.82, 2.24) is 4.90 Å². The van der Waals surface area contributed by atoms with Crippen LogP contribution in [0, 0.1) is 0 Å². The fraction of sp³-hybridized carbons (Fsp3) is 1.00. The van der Waals surface area contributed by atoms with Gasteiger partial charge in [-0.05, 0) is 26.6 Å². The van der Waals surface area contributed by atoms with Crippen molar-refractivity contribution in [1.29, 1.82) is 0 Å². The molecule has 104 valence electrons. The number of methoxy groups -OCH3 is 2. The quantitative estimate of drug-likeness (QED) is 0.638. The van der Waals surface area contributed by atoms with Crippen LogP contribution in [0.2, 0.25) is 0 Å². The third-order valence-corrected chi connectivity index (χ3v) is 4.25. The molecule has 0 aliphatic heterocycles. The summed E-state index contributed by atoms with van der Waals surface area (Å²) in [4.78, 5) is 2.29. The summed E-state index contributed by atoms with van der Waals surface area (Å²) >= 11 is 1.85. The first-order valence-electron chi connectivity index (χ1n) is 5.99. The lowest BCUT2D eigenvalue weighted by atomic mass is 9.97. The van der Waals surface area contributed by atoms with E-state index in [2.05, 4.69) is 32.1 Å². The molecular weight excluding hydrogens is 236 g/mol. The fourth-order valence-corrected chi connectivity index (χ4v) is 2.97. The van der Waals surface area contributed by atoms with E-state index in [0.29, 0.717) is 12.6 Å². The number of nitrogens with two attached hydrogens (primary N) is 1. The number of nitrogens with zero attached hydrogens (tertiary/aromatic N) is 1. The van der Waals surface area contributed by atoms with Crippen LogP contribution >= 0.6 is 11.8 Å². The minimum absolute atomic E-state index is 0.306. The van der Waals surface area contributed by atoms with Crippen molar-refractivity contribution < 1.29 is 9.47 Å². The monoisotopic (exact) mass is 264 g/mol. The van der Waals surface area contributed by atoms with E-state index in [-0.39, 0.29) is 11.8 Å². The van der Waals surface area contributed by atoms with Crippen LogP contribution in [0.4, 0.5) is 0 Å². The van der Waals surface area contributed by atoms with Gasteiger partial charge in [-0.15, -0.1) is 0 Å². The van der Waals surface area contributed by atoms with Crippen LogP contribution in [0.1, 0.15) is 20.3 Å². The summed E-state index contributed by atoms with van der Waals surface area (Å²) in [6.07, 6.45) is 2.90. The predicted molar refractivity (Wildman–Crippen MR) is 75.5 cm³/mol. The Kier molecular flexibility index (Phi) is 8.41. The van der Waals surface area contributed by atoms with E-state index >= 15 is 0 Å². The highest BCUT2D eigenvalue weighted by Gasteiger charge is 2.40. The zero-order valence-corrected chi connectivity index (χ0v) is 12.8. The standard InChI is InChI=1S/C12H28N2O2S/c1-7-10(8-17-6)14(3)12(2,9-13)11(15-4)16-5/h10-11H,7-9,13H2,1-6H3. The van der Waals surface area contributed by atoms with E-state index in [1.54, 1.807) is 14.2 Å². The minimum atomic E-state index is -0.312. The zero-order chi connectivity index (χ0) is 13.5. The summed E-state index contributed by atoms with van der Waals surface area (Å²) in [5, 5.41) is 0. The van der Waals surface area contributed by atoms with E-state index in [9.17, 15) is 0 Å². The fourth-order valence-electron chi connectivity index (χ4n) is 2.12. The molecule has 4 nitrogen and oxygen atoms in total. The largest absolute Gasteiger partial charge is 0.354 e. The Hall–Kier alpha value is 0.190. The topological polar surface area (TPSA) is 47.7 Å². The van der Waals surface area contributed by atoms with E-state index in [0.717, 1.165) is 12.2 Å². The minimum Gasteiger partial charge on any atom is -0.354 e. The highest BCUT2D eigenvalue weighted by Crippen LogP contribution is 2.24. The van der Waals surface area contributed by atoms with E-state index < -0.39 is 0 Å². The maximum absolute atomic E-state index is 5.94. The summed E-state index contributed by atoms with van der Waals surface area (Å²) in [7, 11) is 5.42. The molecule has 2 atom stereocenters. The number of ether oxygens (including phenoxy) is 2. The van der Waals surface area contributed by atoms with Gasteiger partial charge in [0.05, 0.1) is 5.54 Å². The molecule has 2 unspecified atom stereocenters. The lowest BCUT2D eigenvalue weighted by Crippen LogP contribution is -2.62. The third kappa shape index (κ3) is 4.10. The van der Waals surface area contributed by atoms with Crippen molar-refractivity contribution in [3.05, 3.63) is 0 Å². The van der Waals surface area contributed by atoms with E-state index in [1.807, 2.05) is 11.8 Å². The molecular formula is C12H28N2O2S. The molecule has 0 aromatic heterocycles. The summed E-state index contributed by atoms with van der Waals surface area (Å²) in [5.41, 5.74) is 5.63. The van der Waals surface area contributed by atoms with Gasteiger partial charge in [0.1, 0.15) is 0 Å². The summed E-state index contributed by atoms with van der Waals surface area (Å²) < 4.78 is 10.8. The molecule has 0 aromatic carbocycles. The van der Waals surface area contributed by atoms with Crippen LogP contribution in [-0.4, -0.2) is 62.6 Å². The van der Waals surface area contributed by atoms with Gasteiger partial charge in [0.15, 0.2) is 6.29 Å². The molecule has 0 amide bonds. The highest BCUT2D eigenvalue weighted by molar-refractivity contribution is 7.98. The van der Waals surface area contributed by atoms with Crippen molar-refractivity contribution >= 4 is 11.8 Å². The van der Waals surface area contributed by atoms with Crippen molar-refractivity contribution in [3.63, 3.8) is 0 Å². The number of hydrogen-bond acceptors (Lipinski definition) is 5. The first-order valence-corrected chi connectivity index (χ1v) is 7.38. The van der Waals surface area contributed by atoms with Crippen molar-refractivity contribution in [3.8, 4) is 0 Å². The molecule has 0 saturated heterocycles. The SMILES string of the molecule is CCC(CSC)N(C)C(C)(CN)C(OC)OC. The third-order valence-electron chi connectivity index (χ3n) is 3.53.